The number of ether oxygens (including phenoxy) is 1. The molecule has 41 heavy (non-hydrogen) atoms. The fourth-order valence-electron chi connectivity index (χ4n) is 7.52. The van der Waals surface area contributed by atoms with Gasteiger partial charge in [-0.1, -0.05) is 0 Å². The number of hydrogen-bond donors (Lipinski definition) is 2. The van der Waals surface area contributed by atoms with E-state index in [2.05, 4.69) is 20.9 Å². The van der Waals surface area contributed by atoms with Crippen LogP contribution in [0.1, 0.15) is 36.0 Å². The fourth-order valence-corrected chi connectivity index (χ4v) is 8.45. The minimum Gasteiger partial charge on any atom is -0.396 e. The Bertz CT molecular complexity index is 1770. The average Bonchev–Trinajstić information content (AvgIpc) is 3.25. The molecule has 4 aliphatic rings. The number of thiophene rings is 1. The third-order valence-corrected chi connectivity index (χ3v) is 10.5. The summed E-state index contributed by atoms with van der Waals surface area (Å²) in [5.41, 5.74) is 7.86. The first kappa shape index (κ1) is 25.3. The number of fused-ring (bicyclic) bond motifs is 6. The van der Waals surface area contributed by atoms with Crippen LogP contribution >= 0.6 is 11.3 Å². The molecule has 4 aromatic rings. The lowest BCUT2D eigenvalue weighted by Crippen LogP contribution is -2.54. The number of halogens is 2. The molecular weight excluding hydrogens is 546 g/mol. The number of nitriles is 1. The number of aliphatic hydroxyl groups is 1. The molecule has 4 unspecified atom stereocenters. The summed E-state index contributed by atoms with van der Waals surface area (Å²) in [7, 11) is 0. The van der Waals surface area contributed by atoms with Gasteiger partial charge >= 0.3 is 0 Å². The number of nitrogen functional groups attached to an aromatic ring is 1. The number of hydrogen-bond acceptors (Lipinski definition) is 9. The minimum absolute atomic E-state index is 0.0308. The molecule has 2 aromatic heterocycles. The molecule has 0 radical (unpaired) electrons. The molecule has 210 valence electrons. The van der Waals surface area contributed by atoms with Crippen molar-refractivity contribution in [3.05, 3.63) is 46.8 Å². The zero-order valence-electron chi connectivity index (χ0n) is 22.2. The van der Waals surface area contributed by atoms with Crippen LogP contribution in [0, 0.1) is 34.8 Å². The molecule has 1 saturated carbocycles. The number of aromatic nitrogens is 2. The van der Waals surface area contributed by atoms with Crippen molar-refractivity contribution in [3.8, 4) is 17.2 Å². The van der Waals surface area contributed by atoms with Crippen molar-refractivity contribution >= 4 is 43.1 Å². The predicted octanol–water partition coefficient (Wildman–Crippen LogP) is 4.56. The van der Waals surface area contributed by atoms with Crippen molar-refractivity contribution in [1.82, 2.24) is 14.9 Å². The molecule has 1 aliphatic carbocycles. The molecule has 0 amide bonds. The number of rotatable bonds is 5. The lowest BCUT2D eigenvalue weighted by atomic mass is 9.90. The number of likely N-dealkylation sites (tertiary alicyclic amines) is 1. The molecule has 2 saturated heterocycles. The summed E-state index contributed by atoms with van der Waals surface area (Å²) >= 11 is 1.19. The topological polar surface area (TPSA) is 112 Å². The highest BCUT2D eigenvalue weighted by Crippen LogP contribution is 2.48. The molecule has 2 bridgehead atoms. The Hall–Kier alpha value is -3.43. The average molecular weight is 575 g/mol. The zero-order chi connectivity index (χ0) is 28.0. The molecule has 4 atom stereocenters. The second-order valence-corrected chi connectivity index (χ2v) is 12.8. The smallest absolute Gasteiger partial charge is 0.157 e. The molecule has 8 rings (SSSR count). The van der Waals surface area contributed by atoms with Crippen LogP contribution in [0.3, 0.4) is 0 Å². The highest BCUT2D eigenvalue weighted by molar-refractivity contribution is 7.23. The molecule has 8 nitrogen and oxygen atoms in total. The summed E-state index contributed by atoms with van der Waals surface area (Å²) in [5.74, 6) is 0.458. The summed E-state index contributed by atoms with van der Waals surface area (Å²) < 4.78 is 38.9. The second-order valence-electron chi connectivity index (χ2n) is 11.8. The molecule has 3 fully saturated rings. The molecule has 0 spiro atoms. The van der Waals surface area contributed by atoms with Crippen molar-refractivity contribution in [2.45, 2.75) is 44.6 Å². The van der Waals surface area contributed by atoms with Crippen molar-refractivity contribution < 1.29 is 18.6 Å². The van der Waals surface area contributed by atoms with Crippen molar-refractivity contribution in [2.24, 2.45) is 11.8 Å². The number of aliphatic hydroxyl groups excluding tert-OH is 1. The van der Waals surface area contributed by atoms with Crippen LogP contribution in [0.5, 0.6) is 0 Å². The van der Waals surface area contributed by atoms with E-state index in [-0.39, 0.29) is 59.1 Å². The van der Waals surface area contributed by atoms with Crippen LogP contribution in [0.4, 0.5) is 19.6 Å². The van der Waals surface area contributed by atoms with Gasteiger partial charge in [0.15, 0.2) is 5.82 Å². The molecular formula is C30H28F2N6O2S. The van der Waals surface area contributed by atoms with Crippen LogP contribution in [0.2, 0.25) is 0 Å². The highest BCUT2D eigenvalue weighted by Gasteiger charge is 2.45. The van der Waals surface area contributed by atoms with E-state index in [1.807, 2.05) is 0 Å². The number of nitrogens with zero attached hydrogens (tertiary/aromatic N) is 5. The van der Waals surface area contributed by atoms with E-state index >= 15 is 8.78 Å². The number of nitrogens with two attached hydrogens (primary N) is 1. The minimum atomic E-state index is -0.636. The summed E-state index contributed by atoms with van der Waals surface area (Å²) in [4.78, 5) is 14.0. The van der Waals surface area contributed by atoms with Gasteiger partial charge in [-0.15, -0.1) is 11.3 Å². The fraction of sp³-hybridized carbons (Fsp3) is 0.433. The van der Waals surface area contributed by atoms with E-state index in [0.717, 1.165) is 44.5 Å². The Morgan fingerprint density at radius 3 is 2.59 bits per heavy atom. The quantitative estimate of drug-likeness (QED) is 0.357. The van der Waals surface area contributed by atoms with Gasteiger partial charge in [0.25, 0.3) is 0 Å². The summed E-state index contributed by atoms with van der Waals surface area (Å²) in [6.07, 6.45) is 4.56. The van der Waals surface area contributed by atoms with Crippen LogP contribution in [-0.2, 0) is 18.0 Å². The Morgan fingerprint density at radius 2 is 1.85 bits per heavy atom. The van der Waals surface area contributed by atoms with E-state index in [0.29, 0.717) is 38.7 Å². The maximum Gasteiger partial charge on any atom is 0.157 e. The standard InChI is InChI=1S/C30H28F2N6O2S/c31-21-3-4-22-23(18(6-33)29(34)41-22)26(21)24-19-11-40-12-20(19)25-28(27(24)32)35-13-36-30(25)38-16-1-2-17(38)9-37(8-16)7-14-5-15(14)10-39/h3-4,13-17,39H,1-2,5,7-12,34H2. The van der Waals surface area contributed by atoms with Gasteiger partial charge in [-0.3, -0.25) is 4.90 Å². The molecule has 3 N–H and O–H groups in total. The van der Waals surface area contributed by atoms with Crippen LogP contribution in [0.15, 0.2) is 18.5 Å². The highest BCUT2D eigenvalue weighted by atomic mass is 32.1. The Labute approximate surface area is 239 Å². The largest absolute Gasteiger partial charge is 0.396 e. The van der Waals surface area contributed by atoms with Crippen molar-refractivity contribution in [3.63, 3.8) is 0 Å². The predicted molar refractivity (Wildman–Crippen MR) is 152 cm³/mol. The van der Waals surface area contributed by atoms with Crippen LogP contribution < -0.4 is 10.6 Å². The third-order valence-electron chi connectivity index (χ3n) is 9.51. The molecule has 2 aromatic carbocycles. The first-order valence-corrected chi connectivity index (χ1v) is 14.9. The van der Waals surface area contributed by atoms with Gasteiger partial charge < -0.3 is 20.5 Å². The maximum atomic E-state index is 16.7. The van der Waals surface area contributed by atoms with Gasteiger partial charge in [0, 0.05) is 59.5 Å². The first-order chi connectivity index (χ1) is 20.0. The summed E-state index contributed by atoms with van der Waals surface area (Å²) in [5, 5.41) is 20.5. The maximum absolute atomic E-state index is 16.7. The zero-order valence-corrected chi connectivity index (χ0v) is 23.1. The Kier molecular flexibility index (Phi) is 5.73. The molecule has 3 aliphatic heterocycles. The van der Waals surface area contributed by atoms with Gasteiger partial charge in [0.2, 0.25) is 0 Å². The van der Waals surface area contributed by atoms with Gasteiger partial charge in [0.1, 0.15) is 34.5 Å². The van der Waals surface area contributed by atoms with E-state index < -0.39 is 11.6 Å². The summed E-state index contributed by atoms with van der Waals surface area (Å²) in [6.45, 7) is 3.44. The second kappa shape index (κ2) is 9.29. The number of benzene rings is 2. The van der Waals surface area contributed by atoms with Crippen molar-refractivity contribution in [2.75, 3.05) is 36.9 Å². The van der Waals surface area contributed by atoms with Gasteiger partial charge in [0.05, 0.1) is 24.2 Å². The van der Waals surface area contributed by atoms with E-state index in [9.17, 15) is 10.4 Å². The van der Waals surface area contributed by atoms with E-state index in [4.69, 9.17) is 15.5 Å². The lowest BCUT2D eigenvalue weighted by molar-refractivity contribution is 0.135. The lowest BCUT2D eigenvalue weighted by Gasteiger charge is -2.42. The van der Waals surface area contributed by atoms with Gasteiger partial charge in [-0.05, 0) is 54.4 Å². The monoisotopic (exact) mass is 574 g/mol. The van der Waals surface area contributed by atoms with Crippen LogP contribution in [0.25, 0.3) is 32.1 Å². The van der Waals surface area contributed by atoms with Crippen LogP contribution in [-0.4, -0.2) is 58.3 Å². The normalized spacial score (nSPS) is 25.3. The van der Waals surface area contributed by atoms with E-state index in [1.165, 1.54) is 23.7 Å². The summed E-state index contributed by atoms with van der Waals surface area (Å²) in [6, 6.07) is 5.46. The number of anilines is 2. The first-order valence-electron chi connectivity index (χ1n) is 14.1. The van der Waals surface area contributed by atoms with Gasteiger partial charge in [-0.25, -0.2) is 18.7 Å². The Morgan fingerprint density at radius 1 is 1.07 bits per heavy atom. The third kappa shape index (κ3) is 3.71. The van der Waals surface area contributed by atoms with E-state index in [1.54, 1.807) is 6.07 Å². The Balaban J connectivity index is 1.27. The number of piperazine rings is 1. The SMILES string of the molecule is N#Cc1c(N)sc2ccc(F)c(-c3c4c(c5c(N6C7CCC6CN(CC6CC6CO)C7)ncnc5c3F)COC4)c12. The molecule has 11 heteroatoms. The molecule has 5 heterocycles. The van der Waals surface area contributed by atoms with Crippen molar-refractivity contribution in [1.29, 1.82) is 5.26 Å². The van der Waals surface area contributed by atoms with Gasteiger partial charge in [-0.2, -0.15) is 5.26 Å².